The van der Waals surface area contributed by atoms with Gasteiger partial charge in [-0.05, 0) is 177 Å². The topological polar surface area (TPSA) is 11.4 Å². The van der Waals surface area contributed by atoms with E-state index in [1.54, 1.807) is 0 Å². The third-order valence-corrected chi connectivity index (χ3v) is 22.6. The summed E-state index contributed by atoms with van der Waals surface area (Å²) in [7, 11) is 0. The maximum absolute atomic E-state index is 2.76. The van der Waals surface area contributed by atoms with Crippen LogP contribution < -0.4 is 26.2 Å². The van der Waals surface area contributed by atoms with Crippen LogP contribution in [-0.4, -0.2) is 11.3 Å². The lowest BCUT2D eigenvalue weighted by Crippen LogP contribution is -2.61. The first-order valence-corrected chi connectivity index (χ1v) is 33.7. The van der Waals surface area contributed by atoms with Crippen LogP contribution in [0.15, 0.2) is 340 Å². The maximum Gasteiger partial charge on any atom is 0.252 e. The molecule has 442 valence electrons. The summed E-state index contributed by atoms with van der Waals surface area (Å²) in [6.07, 6.45) is 0. The van der Waals surface area contributed by atoms with E-state index in [4.69, 9.17) is 0 Å². The Morgan fingerprint density at radius 3 is 1.21 bits per heavy atom. The van der Waals surface area contributed by atoms with E-state index in [1.165, 1.54) is 155 Å². The van der Waals surface area contributed by atoms with E-state index in [2.05, 4.69) is 354 Å². The van der Waals surface area contributed by atoms with Gasteiger partial charge < -0.3 is 14.4 Å². The normalized spacial score (nSPS) is 14.4. The Morgan fingerprint density at radius 1 is 0.229 bits per heavy atom. The molecule has 0 saturated heterocycles. The predicted molar refractivity (Wildman–Crippen MR) is 398 cm³/mol. The summed E-state index contributed by atoms with van der Waals surface area (Å²) in [6, 6.07) is 130. The highest BCUT2D eigenvalue weighted by Gasteiger charge is 2.56. The van der Waals surface area contributed by atoms with E-state index in [0.717, 1.165) is 34.1 Å². The van der Waals surface area contributed by atoms with Crippen molar-refractivity contribution in [1.82, 2.24) is 4.57 Å². The van der Waals surface area contributed by atoms with E-state index in [0.29, 0.717) is 0 Å². The molecule has 3 nitrogen and oxygen atoms in total. The van der Waals surface area contributed by atoms with Crippen LogP contribution in [0.5, 0.6) is 0 Å². The number of hydrogen-bond acceptors (Lipinski definition) is 2. The summed E-state index contributed by atoms with van der Waals surface area (Å²) < 4.78 is 2.54. The van der Waals surface area contributed by atoms with Gasteiger partial charge in [-0.25, -0.2) is 0 Å². The Hall–Kier alpha value is -12.2. The van der Waals surface area contributed by atoms with Crippen molar-refractivity contribution in [2.75, 3.05) is 9.80 Å². The summed E-state index contributed by atoms with van der Waals surface area (Å²) in [4.78, 5) is 5.36. The van der Waals surface area contributed by atoms with Crippen LogP contribution in [-0.2, 0) is 10.8 Å². The van der Waals surface area contributed by atoms with E-state index in [1.807, 2.05) is 0 Å². The van der Waals surface area contributed by atoms with Gasteiger partial charge >= 0.3 is 0 Å². The SMILES string of the molecule is c1ccc(-c2ccc(N3c4ccc(-c5ccccc5)cc4B4c5cc6c(cc5N(c5cccc7c5-c5ccccc5C75c7ccccc7-c7ccccc75)c5cc(-n7c8ccccc8c8ccccc87)cc3c54)C3(c4ccccc4-c4ccccc43)c3ccccc3-6)cc2)cc1. The first kappa shape index (κ1) is 52.3. The van der Waals surface area contributed by atoms with Gasteiger partial charge in [-0.1, -0.05) is 285 Å². The van der Waals surface area contributed by atoms with E-state index in [9.17, 15) is 0 Å². The fourth-order valence-corrected chi connectivity index (χ4v) is 19.0. The van der Waals surface area contributed by atoms with Crippen molar-refractivity contribution in [3.8, 4) is 72.4 Å². The predicted octanol–water partition coefficient (Wildman–Crippen LogP) is 20.9. The summed E-state index contributed by atoms with van der Waals surface area (Å²) in [6.45, 7) is -0.215. The molecule has 0 unspecified atom stereocenters. The molecule has 16 aromatic rings. The minimum absolute atomic E-state index is 0.215. The zero-order valence-electron chi connectivity index (χ0n) is 52.3. The van der Waals surface area contributed by atoms with Crippen molar-refractivity contribution in [1.29, 1.82) is 0 Å². The molecule has 4 heteroatoms. The molecule has 0 bridgehead atoms. The second kappa shape index (κ2) is 19.2. The Kier molecular flexibility index (Phi) is 10.5. The first-order chi connectivity index (χ1) is 47.7. The molecule has 0 saturated carbocycles. The average molecular weight is 1210 g/mol. The van der Waals surface area contributed by atoms with Gasteiger partial charge in [-0.2, -0.15) is 0 Å². The minimum Gasteiger partial charge on any atom is -0.311 e. The van der Waals surface area contributed by atoms with Gasteiger partial charge in [0.1, 0.15) is 0 Å². The molecule has 3 heterocycles. The lowest BCUT2D eigenvalue weighted by atomic mass is 9.33. The number of rotatable bonds is 5. The van der Waals surface area contributed by atoms with Gasteiger partial charge in [0.25, 0.3) is 6.71 Å². The molecule has 0 atom stereocenters. The zero-order valence-corrected chi connectivity index (χ0v) is 52.3. The fraction of sp³-hybridized carbons (Fsp3) is 0.0217. The van der Waals surface area contributed by atoms with Crippen molar-refractivity contribution >= 4 is 79.0 Å². The first-order valence-electron chi connectivity index (χ1n) is 33.7. The number of fused-ring (bicyclic) bond motifs is 27. The molecule has 96 heavy (non-hydrogen) atoms. The number of nitrogens with zero attached hydrogens (tertiary/aromatic N) is 3. The fourth-order valence-electron chi connectivity index (χ4n) is 19.0. The van der Waals surface area contributed by atoms with E-state index >= 15 is 0 Å². The largest absolute Gasteiger partial charge is 0.311 e. The number of para-hydroxylation sites is 2. The van der Waals surface area contributed by atoms with Crippen LogP contribution in [0, 0.1) is 0 Å². The standard InChI is InChI=1S/C92H56BN3/c1-3-24-57(25-4-1)59-46-49-61(50-47-59)94-84-51-48-60(58-26-5-2-6-27-58)52-80(84)93-81-55-71-67-32-11-19-40-76(67)92(74-38-17-9-30-65(74)66-31-10-18-39-75(66)92)79(71)56-86(81)96(88-54-62(53-87(94)90(88)93)95-82-43-21-13-33-68(82)69-34-14-22-44-83(69)95)85-45-23-42-78-89(85)70-35-12-20-41-77(70)91(78)72-36-15-7-28-63(72)64-29-8-16-37-73(64)91/h1-56H. The number of aromatic nitrogens is 1. The lowest BCUT2D eigenvalue weighted by Gasteiger charge is -2.45. The highest BCUT2D eigenvalue weighted by atomic mass is 15.2. The maximum atomic E-state index is 2.76. The quantitative estimate of drug-likeness (QED) is 0.159. The van der Waals surface area contributed by atoms with Gasteiger partial charge in [0, 0.05) is 44.8 Å². The van der Waals surface area contributed by atoms with Crippen LogP contribution >= 0.6 is 0 Å². The Morgan fingerprint density at radius 2 is 0.646 bits per heavy atom. The monoisotopic (exact) mass is 1210 g/mol. The molecule has 2 aliphatic heterocycles. The second-order valence-electron chi connectivity index (χ2n) is 26.9. The van der Waals surface area contributed by atoms with Crippen molar-refractivity contribution in [3.63, 3.8) is 0 Å². The summed E-state index contributed by atoms with van der Waals surface area (Å²) in [5.74, 6) is 0. The Labute approximate surface area is 557 Å². The highest BCUT2D eigenvalue weighted by molar-refractivity contribution is 7.00. The third kappa shape index (κ3) is 6.58. The number of hydrogen-bond donors (Lipinski definition) is 0. The minimum atomic E-state index is -0.601. The highest BCUT2D eigenvalue weighted by Crippen LogP contribution is 2.67. The van der Waals surface area contributed by atoms with Crippen molar-refractivity contribution in [2.24, 2.45) is 0 Å². The van der Waals surface area contributed by atoms with Crippen LogP contribution in [0.4, 0.5) is 34.1 Å². The van der Waals surface area contributed by atoms with Crippen molar-refractivity contribution < 1.29 is 0 Å². The van der Waals surface area contributed by atoms with Crippen molar-refractivity contribution in [3.05, 3.63) is 384 Å². The number of anilines is 6. The Balaban J connectivity index is 0.916. The summed E-state index contributed by atoms with van der Waals surface area (Å²) in [5.41, 5.74) is 38.5. The summed E-state index contributed by atoms with van der Waals surface area (Å²) >= 11 is 0. The van der Waals surface area contributed by atoms with Crippen LogP contribution in [0.2, 0.25) is 0 Å². The Bertz CT molecular complexity index is 5910. The average Bonchev–Trinajstić information content (AvgIpc) is 1.48. The smallest absolute Gasteiger partial charge is 0.252 e. The molecule has 0 radical (unpaired) electrons. The van der Waals surface area contributed by atoms with Crippen LogP contribution in [0.25, 0.3) is 94.3 Å². The molecule has 22 rings (SSSR count). The van der Waals surface area contributed by atoms with Crippen LogP contribution in [0.1, 0.15) is 44.5 Å². The third-order valence-electron chi connectivity index (χ3n) is 22.6. The van der Waals surface area contributed by atoms with Crippen LogP contribution in [0.3, 0.4) is 0 Å². The molecule has 15 aromatic carbocycles. The molecule has 0 N–H and O–H groups in total. The molecule has 6 aliphatic rings. The molecule has 2 spiro atoms. The molecule has 0 amide bonds. The molecule has 1 aromatic heterocycles. The summed E-state index contributed by atoms with van der Waals surface area (Å²) in [5, 5.41) is 2.45. The van der Waals surface area contributed by atoms with Crippen molar-refractivity contribution in [2.45, 2.75) is 10.8 Å². The second-order valence-corrected chi connectivity index (χ2v) is 26.9. The lowest BCUT2D eigenvalue weighted by molar-refractivity contribution is 0.793. The van der Waals surface area contributed by atoms with Gasteiger partial charge in [-0.3, -0.25) is 0 Å². The zero-order chi connectivity index (χ0) is 62.5. The van der Waals surface area contributed by atoms with Gasteiger partial charge in [0.05, 0.1) is 33.2 Å². The molecular formula is C92H56BN3. The van der Waals surface area contributed by atoms with Gasteiger partial charge in [-0.15, -0.1) is 0 Å². The van der Waals surface area contributed by atoms with E-state index < -0.39 is 10.8 Å². The van der Waals surface area contributed by atoms with Gasteiger partial charge in [0.15, 0.2) is 0 Å². The van der Waals surface area contributed by atoms with E-state index in [-0.39, 0.29) is 6.71 Å². The molecular weight excluding hydrogens is 1160 g/mol. The molecule has 0 fully saturated rings. The molecule has 4 aliphatic carbocycles. The van der Waals surface area contributed by atoms with Gasteiger partial charge in [0.2, 0.25) is 0 Å². The number of benzene rings is 15.